The molecule has 1 saturated carbocycles. The fraction of sp³-hybridized carbons (Fsp3) is 0.440. The molecule has 1 aliphatic heterocycles. The lowest BCUT2D eigenvalue weighted by Crippen LogP contribution is -2.45. The van der Waals surface area contributed by atoms with E-state index in [0.29, 0.717) is 17.9 Å². The highest BCUT2D eigenvalue weighted by Gasteiger charge is 2.24. The van der Waals surface area contributed by atoms with Crippen molar-refractivity contribution in [3.63, 3.8) is 0 Å². The van der Waals surface area contributed by atoms with Gasteiger partial charge in [-0.15, -0.1) is 0 Å². The van der Waals surface area contributed by atoms with E-state index in [1.54, 1.807) is 4.68 Å². The number of hydrogen-bond donors (Lipinski definition) is 2. The van der Waals surface area contributed by atoms with Crippen molar-refractivity contribution in [2.45, 2.75) is 44.2 Å². The van der Waals surface area contributed by atoms with Crippen LogP contribution in [-0.2, 0) is 13.6 Å². The van der Waals surface area contributed by atoms with E-state index in [-0.39, 0.29) is 5.56 Å². The molecule has 3 aromatic rings. The van der Waals surface area contributed by atoms with Gasteiger partial charge in [0.2, 0.25) is 0 Å². The molecule has 5 rings (SSSR count). The average Bonchev–Trinajstić information content (AvgIpc) is 3.20. The molecule has 0 amide bonds. The van der Waals surface area contributed by atoms with Gasteiger partial charge < -0.3 is 15.2 Å². The topological polar surface area (TPSA) is 63.9 Å². The molecule has 31 heavy (non-hydrogen) atoms. The molecule has 2 N–H and O–H groups in total. The van der Waals surface area contributed by atoms with Crippen LogP contribution in [0.2, 0.25) is 0 Å². The zero-order valence-electron chi connectivity index (χ0n) is 18.1. The second-order valence-electron chi connectivity index (χ2n) is 9.13. The predicted octanol–water partition coefficient (Wildman–Crippen LogP) is 3.61. The summed E-state index contributed by atoms with van der Waals surface area (Å²) in [5, 5.41) is 11.2. The summed E-state index contributed by atoms with van der Waals surface area (Å²) in [7, 11) is 1.92. The van der Waals surface area contributed by atoms with Crippen molar-refractivity contribution in [3.8, 4) is 11.1 Å². The van der Waals surface area contributed by atoms with Crippen molar-refractivity contribution in [2.24, 2.45) is 13.0 Å². The van der Waals surface area contributed by atoms with Gasteiger partial charge in [0.05, 0.1) is 6.20 Å². The summed E-state index contributed by atoms with van der Waals surface area (Å²) in [5.41, 5.74) is 4.33. The van der Waals surface area contributed by atoms with Gasteiger partial charge in [0, 0.05) is 62.2 Å². The summed E-state index contributed by atoms with van der Waals surface area (Å²) in [4.78, 5) is 13.3. The number of pyridine rings is 1. The van der Waals surface area contributed by atoms with Gasteiger partial charge >= 0.3 is 0 Å². The van der Waals surface area contributed by atoms with Gasteiger partial charge in [0.15, 0.2) is 0 Å². The van der Waals surface area contributed by atoms with Crippen LogP contribution < -0.4 is 16.2 Å². The summed E-state index contributed by atoms with van der Waals surface area (Å²) < 4.78 is 3.70. The van der Waals surface area contributed by atoms with Crippen molar-refractivity contribution in [3.05, 3.63) is 70.9 Å². The largest absolute Gasteiger partial charge is 0.378 e. The standard InChI is InChI=1S/C25H31N5O/c1-29-16-22(14-27-29)21-11-24(25(31)30(17-21)15-18-12-26-13-18)28-23-9-7-20(8-10-23)19-5-3-2-4-6-19/h2-6,11,14,16-18,20,23,26,28H,7-10,12-13,15H2,1H3/t20-,23+. The Morgan fingerprint density at radius 1 is 1.06 bits per heavy atom. The Hall–Kier alpha value is -2.86. The Labute approximate surface area is 183 Å². The smallest absolute Gasteiger partial charge is 0.273 e. The first-order valence-corrected chi connectivity index (χ1v) is 11.4. The SMILES string of the molecule is Cn1cc(-c2cc(N[C@H]3CC[C@@H](c4ccccc4)CC3)c(=O)n(CC3CNC3)c2)cn1. The lowest BCUT2D eigenvalue weighted by molar-refractivity contribution is 0.304. The van der Waals surface area contributed by atoms with Crippen LogP contribution >= 0.6 is 0 Å². The summed E-state index contributed by atoms with van der Waals surface area (Å²) in [6.45, 7) is 2.72. The second-order valence-corrected chi connectivity index (χ2v) is 9.13. The molecule has 6 heteroatoms. The monoisotopic (exact) mass is 417 g/mol. The molecule has 2 aliphatic rings. The quantitative estimate of drug-likeness (QED) is 0.643. The maximum Gasteiger partial charge on any atom is 0.273 e. The molecule has 1 saturated heterocycles. The lowest BCUT2D eigenvalue weighted by Gasteiger charge is -2.31. The highest BCUT2D eigenvalue weighted by Crippen LogP contribution is 2.34. The van der Waals surface area contributed by atoms with Crippen molar-refractivity contribution in [2.75, 3.05) is 18.4 Å². The molecule has 2 fully saturated rings. The number of hydrogen-bond acceptors (Lipinski definition) is 4. The van der Waals surface area contributed by atoms with E-state index < -0.39 is 0 Å². The van der Waals surface area contributed by atoms with E-state index in [1.165, 1.54) is 5.56 Å². The number of benzene rings is 1. The first kappa shape index (κ1) is 20.1. The van der Waals surface area contributed by atoms with E-state index in [4.69, 9.17) is 0 Å². The number of aryl methyl sites for hydroxylation is 1. The molecule has 0 unspecified atom stereocenters. The number of nitrogens with zero attached hydrogens (tertiary/aromatic N) is 3. The molecular formula is C25H31N5O. The number of anilines is 1. The Kier molecular flexibility index (Phi) is 5.64. The van der Waals surface area contributed by atoms with Gasteiger partial charge in [-0.25, -0.2) is 0 Å². The molecule has 1 aromatic carbocycles. The Balaban J connectivity index is 1.35. The highest BCUT2D eigenvalue weighted by molar-refractivity contribution is 5.65. The summed E-state index contributed by atoms with van der Waals surface area (Å²) in [6.07, 6.45) is 10.4. The molecular weight excluding hydrogens is 386 g/mol. The van der Waals surface area contributed by atoms with Gasteiger partial charge in [-0.1, -0.05) is 30.3 Å². The third kappa shape index (κ3) is 4.44. The van der Waals surface area contributed by atoms with Crippen molar-refractivity contribution in [1.82, 2.24) is 19.7 Å². The van der Waals surface area contributed by atoms with Crippen LogP contribution in [0.4, 0.5) is 5.69 Å². The second kappa shape index (κ2) is 8.71. The Morgan fingerprint density at radius 3 is 2.48 bits per heavy atom. The lowest BCUT2D eigenvalue weighted by atomic mass is 9.82. The maximum absolute atomic E-state index is 13.3. The summed E-state index contributed by atoms with van der Waals surface area (Å²) >= 11 is 0. The summed E-state index contributed by atoms with van der Waals surface area (Å²) in [6, 6.07) is 13.2. The van der Waals surface area contributed by atoms with Gasteiger partial charge in [0.25, 0.3) is 5.56 Å². The normalized spacial score (nSPS) is 21.6. The number of aromatic nitrogens is 3. The average molecular weight is 418 g/mol. The van der Waals surface area contributed by atoms with Gasteiger partial charge in [0.1, 0.15) is 5.69 Å². The zero-order chi connectivity index (χ0) is 21.2. The molecule has 0 atom stereocenters. The number of nitrogens with one attached hydrogen (secondary N) is 2. The molecule has 2 aromatic heterocycles. The van der Waals surface area contributed by atoms with Crippen LogP contribution in [0, 0.1) is 5.92 Å². The van der Waals surface area contributed by atoms with E-state index in [2.05, 4.69) is 46.1 Å². The van der Waals surface area contributed by atoms with E-state index >= 15 is 0 Å². The molecule has 0 radical (unpaired) electrons. The van der Waals surface area contributed by atoms with Crippen molar-refractivity contribution < 1.29 is 0 Å². The number of rotatable bonds is 6. The minimum atomic E-state index is 0.0877. The van der Waals surface area contributed by atoms with Gasteiger partial charge in [-0.2, -0.15) is 5.10 Å². The fourth-order valence-corrected chi connectivity index (χ4v) is 4.87. The van der Waals surface area contributed by atoms with Crippen LogP contribution in [0.25, 0.3) is 11.1 Å². The molecule has 6 nitrogen and oxygen atoms in total. The summed E-state index contributed by atoms with van der Waals surface area (Å²) in [5.74, 6) is 1.15. The predicted molar refractivity (Wildman–Crippen MR) is 124 cm³/mol. The first-order chi connectivity index (χ1) is 15.2. The first-order valence-electron chi connectivity index (χ1n) is 11.4. The minimum absolute atomic E-state index is 0.0877. The van der Waals surface area contributed by atoms with E-state index in [1.807, 2.05) is 36.3 Å². The zero-order valence-corrected chi connectivity index (χ0v) is 18.1. The fourth-order valence-electron chi connectivity index (χ4n) is 4.87. The van der Waals surface area contributed by atoms with E-state index in [0.717, 1.165) is 62.1 Å². The van der Waals surface area contributed by atoms with E-state index in [9.17, 15) is 4.79 Å². The van der Waals surface area contributed by atoms with Crippen LogP contribution in [0.15, 0.2) is 59.8 Å². The van der Waals surface area contributed by atoms with Crippen LogP contribution in [0.1, 0.15) is 37.2 Å². The molecule has 1 aliphatic carbocycles. The Bertz CT molecular complexity index is 1070. The molecule has 0 bridgehead atoms. The Morgan fingerprint density at radius 2 is 1.84 bits per heavy atom. The maximum atomic E-state index is 13.3. The van der Waals surface area contributed by atoms with Crippen LogP contribution in [0.5, 0.6) is 0 Å². The van der Waals surface area contributed by atoms with Gasteiger partial charge in [-0.05, 0) is 43.2 Å². The third-order valence-corrected chi connectivity index (χ3v) is 6.80. The molecule has 0 spiro atoms. The third-order valence-electron chi connectivity index (χ3n) is 6.80. The van der Waals surface area contributed by atoms with Crippen LogP contribution in [0.3, 0.4) is 0 Å². The molecule has 162 valence electrons. The van der Waals surface area contributed by atoms with Crippen molar-refractivity contribution in [1.29, 1.82) is 0 Å². The van der Waals surface area contributed by atoms with Crippen molar-refractivity contribution >= 4 is 5.69 Å². The molecule has 3 heterocycles. The van der Waals surface area contributed by atoms with Gasteiger partial charge in [-0.3, -0.25) is 9.48 Å². The highest BCUT2D eigenvalue weighted by atomic mass is 16.1. The minimum Gasteiger partial charge on any atom is -0.378 e. The van der Waals surface area contributed by atoms with Crippen LogP contribution in [-0.4, -0.2) is 33.5 Å².